The van der Waals surface area contributed by atoms with Crippen molar-refractivity contribution in [1.82, 2.24) is 10.2 Å². The molecule has 1 unspecified atom stereocenters. The van der Waals surface area contributed by atoms with Crippen molar-refractivity contribution >= 4 is 23.6 Å². The van der Waals surface area contributed by atoms with Gasteiger partial charge in [0.2, 0.25) is 17.7 Å². The van der Waals surface area contributed by atoms with Crippen LogP contribution in [0.4, 0.5) is 0 Å². The van der Waals surface area contributed by atoms with E-state index in [2.05, 4.69) is 5.32 Å². The number of amides is 4. The first kappa shape index (κ1) is 15.2. The number of imide groups is 2. The number of hydrogen-bond donors (Lipinski definition) is 1. The van der Waals surface area contributed by atoms with Gasteiger partial charge in [-0.3, -0.25) is 29.4 Å². The molecule has 2 heterocycles. The van der Waals surface area contributed by atoms with Crippen molar-refractivity contribution in [3.8, 4) is 0 Å². The summed E-state index contributed by atoms with van der Waals surface area (Å²) in [5, 5.41) is 2.31. The van der Waals surface area contributed by atoms with Crippen LogP contribution in [-0.2, 0) is 19.2 Å². The largest absolute Gasteiger partial charge is 0.294 e. The Bertz CT molecular complexity index is 550. The lowest BCUT2D eigenvalue weighted by atomic mass is 9.72. The summed E-state index contributed by atoms with van der Waals surface area (Å²) in [6.45, 7) is 1.79. The Morgan fingerprint density at radius 3 is 2.32 bits per heavy atom. The molecule has 3 rings (SSSR count). The van der Waals surface area contributed by atoms with Gasteiger partial charge < -0.3 is 0 Å². The second-order valence-corrected chi connectivity index (χ2v) is 6.81. The molecule has 22 heavy (non-hydrogen) atoms. The van der Waals surface area contributed by atoms with Crippen molar-refractivity contribution in [2.45, 2.75) is 70.3 Å². The number of likely N-dealkylation sites (tertiary alicyclic amines) is 1. The molecular formula is C16H22N2O4. The molecule has 1 aliphatic carbocycles. The van der Waals surface area contributed by atoms with E-state index < -0.39 is 16.9 Å². The minimum absolute atomic E-state index is 0.170. The fourth-order valence-corrected chi connectivity index (χ4v) is 4.29. The zero-order chi connectivity index (χ0) is 16.0. The lowest BCUT2D eigenvalue weighted by Gasteiger charge is -2.42. The van der Waals surface area contributed by atoms with E-state index in [0.717, 1.165) is 32.1 Å². The third kappa shape index (κ3) is 2.00. The zero-order valence-corrected chi connectivity index (χ0v) is 12.9. The van der Waals surface area contributed by atoms with E-state index in [1.807, 2.05) is 0 Å². The lowest BCUT2D eigenvalue weighted by Crippen LogP contribution is -2.64. The summed E-state index contributed by atoms with van der Waals surface area (Å²) >= 11 is 0. The van der Waals surface area contributed by atoms with Crippen molar-refractivity contribution in [3.63, 3.8) is 0 Å². The molecule has 2 saturated heterocycles. The van der Waals surface area contributed by atoms with E-state index in [4.69, 9.17) is 0 Å². The Kier molecular flexibility index (Phi) is 3.57. The lowest BCUT2D eigenvalue weighted by molar-refractivity contribution is -0.161. The van der Waals surface area contributed by atoms with E-state index in [0.29, 0.717) is 6.42 Å². The molecule has 3 fully saturated rings. The van der Waals surface area contributed by atoms with Crippen molar-refractivity contribution in [3.05, 3.63) is 0 Å². The van der Waals surface area contributed by atoms with Gasteiger partial charge in [0.05, 0.1) is 5.41 Å². The first-order chi connectivity index (χ1) is 10.4. The van der Waals surface area contributed by atoms with Crippen molar-refractivity contribution < 1.29 is 19.2 Å². The summed E-state index contributed by atoms with van der Waals surface area (Å²) in [4.78, 5) is 50.7. The van der Waals surface area contributed by atoms with E-state index >= 15 is 0 Å². The normalized spacial score (nSPS) is 31.8. The molecule has 4 amide bonds. The van der Waals surface area contributed by atoms with Crippen LogP contribution < -0.4 is 5.32 Å². The van der Waals surface area contributed by atoms with Gasteiger partial charge in [-0.25, -0.2) is 0 Å². The molecule has 2 aliphatic heterocycles. The molecule has 120 valence electrons. The van der Waals surface area contributed by atoms with Crippen molar-refractivity contribution in [1.29, 1.82) is 0 Å². The molecule has 1 atom stereocenters. The topological polar surface area (TPSA) is 83.6 Å². The quantitative estimate of drug-likeness (QED) is 0.779. The number of rotatable bonds is 2. The van der Waals surface area contributed by atoms with Gasteiger partial charge in [0, 0.05) is 12.8 Å². The fraction of sp³-hybridized carbons (Fsp3) is 0.750. The van der Waals surface area contributed by atoms with Crippen molar-refractivity contribution in [2.24, 2.45) is 5.41 Å². The summed E-state index contributed by atoms with van der Waals surface area (Å²) in [5.41, 5.74) is -1.78. The minimum Gasteiger partial charge on any atom is -0.294 e. The van der Waals surface area contributed by atoms with Crippen molar-refractivity contribution in [2.75, 3.05) is 0 Å². The Balaban J connectivity index is 1.95. The van der Waals surface area contributed by atoms with Crippen LogP contribution in [0.15, 0.2) is 0 Å². The molecule has 0 bridgehead atoms. The van der Waals surface area contributed by atoms with Crippen LogP contribution in [0.3, 0.4) is 0 Å². The third-order valence-corrected chi connectivity index (χ3v) is 5.66. The molecule has 1 saturated carbocycles. The van der Waals surface area contributed by atoms with E-state index in [-0.39, 0.29) is 37.0 Å². The van der Waals surface area contributed by atoms with Crippen LogP contribution in [0.2, 0.25) is 0 Å². The summed E-state index contributed by atoms with van der Waals surface area (Å²) in [6, 6.07) is 0. The highest BCUT2D eigenvalue weighted by Gasteiger charge is 2.60. The van der Waals surface area contributed by atoms with E-state index in [9.17, 15) is 19.2 Å². The number of hydrogen-bond acceptors (Lipinski definition) is 4. The number of carbonyl (C=O) groups excluding carboxylic acids is 4. The zero-order valence-electron chi connectivity index (χ0n) is 12.9. The van der Waals surface area contributed by atoms with E-state index in [1.54, 1.807) is 6.92 Å². The predicted molar refractivity (Wildman–Crippen MR) is 77.4 cm³/mol. The molecule has 0 aromatic heterocycles. The van der Waals surface area contributed by atoms with Gasteiger partial charge in [-0.15, -0.1) is 0 Å². The maximum absolute atomic E-state index is 13.0. The molecule has 6 heteroatoms. The van der Waals surface area contributed by atoms with Crippen LogP contribution in [0.25, 0.3) is 0 Å². The molecule has 1 spiro atoms. The standard InChI is InChI=1S/C16H22N2O4/c1-2-16(9-6-11(19)17-13(16)21)18-12(20)10-15(14(18)22)7-4-3-5-8-15/h2-10H2,1H3,(H,17,19,21). The molecule has 0 aromatic carbocycles. The number of nitrogens with one attached hydrogen (secondary N) is 1. The van der Waals surface area contributed by atoms with Crippen LogP contribution in [0.5, 0.6) is 0 Å². The smallest absolute Gasteiger partial charge is 0.253 e. The van der Waals surface area contributed by atoms with Gasteiger partial charge in [0.15, 0.2) is 0 Å². The molecular weight excluding hydrogens is 284 g/mol. The van der Waals surface area contributed by atoms with E-state index in [1.165, 1.54) is 4.90 Å². The van der Waals surface area contributed by atoms with Crippen LogP contribution in [0.1, 0.15) is 64.7 Å². The predicted octanol–water partition coefficient (Wildman–Crippen LogP) is 1.28. The van der Waals surface area contributed by atoms with Gasteiger partial charge in [-0.05, 0) is 25.7 Å². The minimum atomic E-state index is -1.18. The van der Waals surface area contributed by atoms with Gasteiger partial charge >= 0.3 is 0 Å². The van der Waals surface area contributed by atoms with Crippen LogP contribution >= 0.6 is 0 Å². The Labute approximate surface area is 129 Å². The van der Waals surface area contributed by atoms with Gasteiger partial charge in [-0.2, -0.15) is 0 Å². The molecule has 6 nitrogen and oxygen atoms in total. The average Bonchev–Trinajstić information content (AvgIpc) is 2.73. The average molecular weight is 306 g/mol. The molecule has 3 aliphatic rings. The highest BCUT2D eigenvalue weighted by molar-refractivity contribution is 6.13. The summed E-state index contributed by atoms with van der Waals surface area (Å²) in [7, 11) is 0. The Hall–Kier alpha value is -1.72. The Morgan fingerprint density at radius 2 is 1.73 bits per heavy atom. The summed E-state index contributed by atoms with van der Waals surface area (Å²) in [5.74, 6) is -1.27. The van der Waals surface area contributed by atoms with Gasteiger partial charge in [0.1, 0.15) is 5.54 Å². The van der Waals surface area contributed by atoms with Crippen LogP contribution in [0, 0.1) is 5.41 Å². The number of carbonyl (C=O) groups is 4. The first-order valence-electron chi connectivity index (χ1n) is 8.17. The maximum atomic E-state index is 13.0. The monoisotopic (exact) mass is 306 g/mol. The maximum Gasteiger partial charge on any atom is 0.253 e. The SMILES string of the molecule is CCC1(N2C(=O)CC3(CCCCC3)C2=O)CCC(=O)NC1=O. The number of piperidine rings is 1. The summed E-state index contributed by atoms with van der Waals surface area (Å²) < 4.78 is 0. The van der Waals surface area contributed by atoms with Gasteiger partial charge in [-0.1, -0.05) is 26.2 Å². The third-order valence-electron chi connectivity index (χ3n) is 5.66. The van der Waals surface area contributed by atoms with Gasteiger partial charge in [0.25, 0.3) is 5.91 Å². The second kappa shape index (κ2) is 5.18. The number of nitrogens with zero attached hydrogens (tertiary/aromatic N) is 1. The second-order valence-electron chi connectivity index (χ2n) is 6.81. The fourth-order valence-electron chi connectivity index (χ4n) is 4.29. The molecule has 0 aromatic rings. The Morgan fingerprint density at radius 1 is 1.05 bits per heavy atom. The highest BCUT2D eigenvalue weighted by atomic mass is 16.2. The highest BCUT2D eigenvalue weighted by Crippen LogP contribution is 2.48. The van der Waals surface area contributed by atoms with Crippen LogP contribution in [-0.4, -0.2) is 34.1 Å². The summed E-state index contributed by atoms with van der Waals surface area (Å²) in [6.07, 6.45) is 5.44. The molecule has 1 N–H and O–H groups in total. The first-order valence-corrected chi connectivity index (χ1v) is 8.17. The molecule has 0 radical (unpaired) electrons.